The predicted octanol–water partition coefficient (Wildman–Crippen LogP) is 2.72. The molecule has 0 saturated carbocycles. The van der Waals surface area contributed by atoms with Gasteiger partial charge in [-0.05, 0) is 28.1 Å². The lowest BCUT2D eigenvalue weighted by atomic mass is 9.93. The number of halogens is 2. The average Bonchev–Trinajstić information content (AvgIpc) is 2.41. The fourth-order valence-electron chi connectivity index (χ4n) is 2.30. The Bertz CT molecular complexity index is 503. The predicted molar refractivity (Wildman–Crippen MR) is 81.1 cm³/mol. The van der Waals surface area contributed by atoms with Crippen LogP contribution in [0.4, 0.5) is 0 Å². The number of carbonyl (C=O) groups excluding carboxylic acids is 1. The summed E-state index contributed by atoms with van der Waals surface area (Å²) in [5.74, 6) is -0.198. The molecule has 0 radical (unpaired) electrons. The van der Waals surface area contributed by atoms with Crippen LogP contribution in [0.2, 0.25) is 5.02 Å². The van der Waals surface area contributed by atoms with E-state index in [2.05, 4.69) is 15.9 Å². The van der Waals surface area contributed by atoms with Crippen molar-refractivity contribution < 1.29 is 14.6 Å². The molecule has 1 fully saturated rings. The Hall–Kier alpha value is -0.620. The Balaban J connectivity index is 2.10. The normalized spacial score (nSPS) is 17.8. The highest BCUT2D eigenvalue weighted by Gasteiger charge is 2.32. The summed E-state index contributed by atoms with van der Waals surface area (Å²) in [4.78, 5) is 13.9. The van der Waals surface area contributed by atoms with Gasteiger partial charge >= 0.3 is 0 Å². The molecule has 0 aromatic heterocycles. The summed E-state index contributed by atoms with van der Waals surface area (Å²) in [7, 11) is 1.67. The Labute approximate surface area is 131 Å². The van der Waals surface area contributed by atoms with Gasteiger partial charge in [0.05, 0.1) is 16.2 Å². The Morgan fingerprint density at radius 2 is 2.15 bits per heavy atom. The highest BCUT2D eigenvalue weighted by molar-refractivity contribution is 9.10. The monoisotopic (exact) mass is 361 g/mol. The Morgan fingerprint density at radius 3 is 2.80 bits per heavy atom. The molecule has 1 heterocycles. The molecule has 1 amide bonds. The lowest BCUT2D eigenvalue weighted by Crippen LogP contribution is -2.47. The molecule has 4 nitrogen and oxygen atoms in total. The van der Waals surface area contributed by atoms with Crippen LogP contribution in [0.5, 0.6) is 0 Å². The average molecular weight is 363 g/mol. The molecule has 110 valence electrons. The Kier molecular flexibility index (Phi) is 5.07. The van der Waals surface area contributed by atoms with Gasteiger partial charge in [-0.15, -0.1) is 0 Å². The minimum Gasteiger partial charge on any atom is -0.388 e. The van der Waals surface area contributed by atoms with Crippen LogP contribution in [0.25, 0.3) is 0 Å². The fourth-order valence-corrected chi connectivity index (χ4v) is 2.87. The van der Waals surface area contributed by atoms with Crippen molar-refractivity contribution in [3.63, 3.8) is 0 Å². The highest BCUT2D eigenvalue weighted by Crippen LogP contribution is 2.28. The molecule has 0 bridgehead atoms. The third kappa shape index (κ3) is 3.52. The second-order valence-corrected chi connectivity index (χ2v) is 6.33. The number of carbonyl (C=O) groups is 1. The van der Waals surface area contributed by atoms with Gasteiger partial charge in [0.25, 0.3) is 5.91 Å². The van der Waals surface area contributed by atoms with Crippen LogP contribution in [0.1, 0.15) is 23.2 Å². The van der Waals surface area contributed by atoms with E-state index in [0.717, 1.165) is 0 Å². The van der Waals surface area contributed by atoms with Crippen LogP contribution in [-0.4, -0.2) is 48.3 Å². The van der Waals surface area contributed by atoms with E-state index in [9.17, 15) is 9.90 Å². The van der Waals surface area contributed by atoms with Crippen LogP contribution in [0, 0.1) is 0 Å². The number of ether oxygens (including phenoxy) is 1. The molecule has 1 saturated heterocycles. The van der Waals surface area contributed by atoms with Gasteiger partial charge in [-0.3, -0.25) is 4.79 Å². The lowest BCUT2D eigenvalue weighted by molar-refractivity contribution is -0.0734. The number of hydrogen-bond donors (Lipinski definition) is 1. The molecule has 0 unspecified atom stereocenters. The first-order valence-electron chi connectivity index (χ1n) is 6.42. The van der Waals surface area contributed by atoms with E-state index in [1.165, 1.54) is 4.90 Å². The SMILES string of the molecule is CN(CC1(O)CCOCC1)C(=O)c1cccc(Br)c1Cl. The molecular weight excluding hydrogens is 346 g/mol. The van der Waals surface area contributed by atoms with Crippen molar-refractivity contribution in [1.29, 1.82) is 0 Å². The molecular formula is C14H17BrClNO3. The summed E-state index contributed by atoms with van der Waals surface area (Å²) in [5.41, 5.74) is -0.444. The quantitative estimate of drug-likeness (QED) is 0.899. The standard InChI is InChI=1S/C14H17BrClNO3/c1-17(9-14(19)5-7-20-8-6-14)13(18)10-3-2-4-11(15)12(10)16/h2-4,19H,5-9H2,1H3. The molecule has 2 rings (SSSR count). The molecule has 0 aliphatic carbocycles. The van der Waals surface area contributed by atoms with Gasteiger partial charge in [0.1, 0.15) is 0 Å². The topological polar surface area (TPSA) is 49.8 Å². The summed E-state index contributed by atoms with van der Waals surface area (Å²) in [5, 5.41) is 10.8. The van der Waals surface area contributed by atoms with Crippen molar-refractivity contribution in [1.82, 2.24) is 4.90 Å². The van der Waals surface area contributed by atoms with Crippen molar-refractivity contribution in [2.45, 2.75) is 18.4 Å². The second kappa shape index (κ2) is 6.43. The van der Waals surface area contributed by atoms with E-state index in [1.54, 1.807) is 25.2 Å². The summed E-state index contributed by atoms with van der Waals surface area (Å²) >= 11 is 9.44. The van der Waals surface area contributed by atoms with Crippen molar-refractivity contribution in [3.8, 4) is 0 Å². The largest absolute Gasteiger partial charge is 0.388 e. The zero-order chi connectivity index (χ0) is 14.8. The first-order chi connectivity index (χ1) is 9.43. The van der Waals surface area contributed by atoms with Crippen molar-refractivity contribution in [2.75, 3.05) is 26.8 Å². The summed E-state index contributed by atoms with van der Waals surface area (Å²) in [6, 6.07) is 5.23. The number of nitrogens with zero attached hydrogens (tertiary/aromatic N) is 1. The molecule has 1 N–H and O–H groups in total. The smallest absolute Gasteiger partial charge is 0.255 e. The van der Waals surface area contributed by atoms with Gasteiger partial charge in [0.2, 0.25) is 0 Å². The summed E-state index contributed by atoms with van der Waals surface area (Å²) < 4.78 is 5.92. The van der Waals surface area contributed by atoms with Gasteiger partial charge in [-0.2, -0.15) is 0 Å². The van der Waals surface area contributed by atoms with E-state index >= 15 is 0 Å². The zero-order valence-corrected chi connectivity index (χ0v) is 13.6. The highest BCUT2D eigenvalue weighted by atomic mass is 79.9. The van der Waals surface area contributed by atoms with E-state index < -0.39 is 5.60 Å². The molecule has 20 heavy (non-hydrogen) atoms. The Morgan fingerprint density at radius 1 is 1.50 bits per heavy atom. The molecule has 1 aliphatic rings. The van der Waals surface area contributed by atoms with Crippen LogP contribution in [0.3, 0.4) is 0 Å². The molecule has 1 aromatic rings. The van der Waals surface area contributed by atoms with E-state index in [1.807, 2.05) is 0 Å². The number of benzene rings is 1. The maximum absolute atomic E-state index is 12.4. The number of hydrogen-bond acceptors (Lipinski definition) is 3. The number of aliphatic hydroxyl groups is 1. The summed E-state index contributed by atoms with van der Waals surface area (Å²) in [6.45, 7) is 1.32. The van der Waals surface area contributed by atoms with Crippen LogP contribution >= 0.6 is 27.5 Å². The van der Waals surface area contributed by atoms with Crippen molar-refractivity contribution in [2.24, 2.45) is 0 Å². The summed E-state index contributed by atoms with van der Waals surface area (Å²) in [6.07, 6.45) is 1.08. The second-order valence-electron chi connectivity index (χ2n) is 5.10. The molecule has 1 aromatic carbocycles. The minimum atomic E-state index is -0.874. The van der Waals surface area contributed by atoms with Gasteiger partial charge in [0, 0.05) is 44.1 Å². The van der Waals surface area contributed by atoms with E-state index in [4.69, 9.17) is 16.3 Å². The van der Waals surface area contributed by atoms with Gasteiger partial charge in [-0.25, -0.2) is 0 Å². The number of amides is 1. The lowest BCUT2D eigenvalue weighted by Gasteiger charge is -2.35. The van der Waals surface area contributed by atoms with Gasteiger partial charge in [0.15, 0.2) is 0 Å². The maximum atomic E-state index is 12.4. The third-order valence-electron chi connectivity index (χ3n) is 3.48. The molecule has 0 atom stereocenters. The third-order valence-corrected chi connectivity index (χ3v) is 4.78. The van der Waals surface area contributed by atoms with Crippen LogP contribution in [0.15, 0.2) is 22.7 Å². The first-order valence-corrected chi connectivity index (χ1v) is 7.60. The van der Waals surface area contributed by atoms with Crippen LogP contribution < -0.4 is 0 Å². The van der Waals surface area contributed by atoms with Crippen LogP contribution in [-0.2, 0) is 4.74 Å². The fraction of sp³-hybridized carbons (Fsp3) is 0.500. The molecule has 0 spiro atoms. The zero-order valence-electron chi connectivity index (χ0n) is 11.2. The first kappa shape index (κ1) is 15.8. The van der Waals surface area contributed by atoms with Gasteiger partial charge < -0.3 is 14.7 Å². The molecule has 1 aliphatic heterocycles. The van der Waals surface area contributed by atoms with Crippen molar-refractivity contribution >= 4 is 33.4 Å². The minimum absolute atomic E-state index is 0.198. The maximum Gasteiger partial charge on any atom is 0.255 e. The number of likely N-dealkylation sites (N-methyl/N-ethyl adjacent to an activating group) is 1. The van der Waals surface area contributed by atoms with E-state index in [0.29, 0.717) is 41.1 Å². The van der Waals surface area contributed by atoms with Crippen molar-refractivity contribution in [3.05, 3.63) is 33.3 Å². The molecule has 6 heteroatoms. The van der Waals surface area contributed by atoms with Gasteiger partial charge in [-0.1, -0.05) is 17.7 Å². The number of rotatable bonds is 3. The van der Waals surface area contributed by atoms with E-state index in [-0.39, 0.29) is 12.5 Å².